The first-order valence-corrected chi connectivity index (χ1v) is 4.83. The molecule has 0 saturated heterocycles. The van der Waals surface area contributed by atoms with E-state index in [4.69, 9.17) is 0 Å². The third kappa shape index (κ3) is 2.69. The van der Waals surface area contributed by atoms with Crippen LogP contribution in [0.25, 0.3) is 0 Å². The predicted octanol–water partition coefficient (Wildman–Crippen LogP) is 2.79. The molecule has 0 aliphatic rings. The molecular weight excluding hydrogens is 182 g/mol. The Morgan fingerprint density at radius 1 is 0.933 bits per heavy atom. The molecule has 0 atom stereocenters. The van der Waals surface area contributed by atoms with Gasteiger partial charge in [0.25, 0.3) is 0 Å². The molecule has 0 unspecified atom stereocenters. The van der Waals surface area contributed by atoms with Gasteiger partial charge in [0, 0.05) is 23.5 Å². The summed E-state index contributed by atoms with van der Waals surface area (Å²) in [5, 5.41) is 0. The maximum absolute atomic E-state index is 4.01. The first-order valence-electron chi connectivity index (χ1n) is 4.83. The normalized spacial score (nSPS) is 9.13. The van der Waals surface area contributed by atoms with Crippen LogP contribution in [0.4, 0.5) is 0 Å². The molecule has 0 bridgehead atoms. The molecule has 1 heterocycles. The van der Waals surface area contributed by atoms with E-state index in [0.717, 1.165) is 11.1 Å². The second-order valence-electron chi connectivity index (χ2n) is 3.36. The van der Waals surface area contributed by atoms with E-state index >= 15 is 0 Å². The number of rotatable bonds is 0. The highest BCUT2D eigenvalue weighted by Gasteiger charge is 1.86. The Labute approximate surface area is 89.8 Å². The van der Waals surface area contributed by atoms with Gasteiger partial charge in [-0.1, -0.05) is 29.5 Å². The second kappa shape index (κ2) is 4.43. The Hall–Kier alpha value is -2.07. The average molecular weight is 193 g/mol. The van der Waals surface area contributed by atoms with Gasteiger partial charge in [0.05, 0.1) is 0 Å². The molecule has 1 heteroatoms. The minimum Gasteiger partial charge on any atom is -0.263 e. The number of nitrogens with zero attached hydrogens (tertiary/aromatic N) is 1. The molecular formula is C14H11N. The quantitative estimate of drug-likeness (QED) is 0.586. The van der Waals surface area contributed by atoms with Crippen LogP contribution < -0.4 is 0 Å². The van der Waals surface area contributed by atoms with Gasteiger partial charge in [0.15, 0.2) is 0 Å². The van der Waals surface area contributed by atoms with Crippen molar-refractivity contribution in [3.05, 3.63) is 65.5 Å². The van der Waals surface area contributed by atoms with Crippen LogP contribution in [0.3, 0.4) is 0 Å². The minimum absolute atomic E-state index is 0.943. The lowest BCUT2D eigenvalue weighted by Crippen LogP contribution is -1.77. The Balaban J connectivity index is 2.22. The van der Waals surface area contributed by atoms with Gasteiger partial charge in [-0.3, -0.25) is 4.98 Å². The fraction of sp³-hybridized carbons (Fsp3) is 0.0714. The molecule has 0 spiro atoms. The summed E-state index contributed by atoms with van der Waals surface area (Å²) in [6.07, 6.45) is 3.51. The van der Waals surface area contributed by atoms with Gasteiger partial charge in [0.1, 0.15) is 0 Å². The zero-order valence-electron chi connectivity index (χ0n) is 8.57. The van der Waals surface area contributed by atoms with Crippen LogP contribution in [-0.2, 0) is 0 Å². The average Bonchev–Trinajstić information content (AvgIpc) is 2.30. The molecule has 15 heavy (non-hydrogen) atoms. The van der Waals surface area contributed by atoms with E-state index in [1.165, 1.54) is 5.56 Å². The second-order valence-corrected chi connectivity index (χ2v) is 3.36. The molecule has 0 amide bonds. The lowest BCUT2D eigenvalue weighted by atomic mass is 10.1. The van der Waals surface area contributed by atoms with E-state index in [-0.39, 0.29) is 0 Å². The third-order valence-electron chi connectivity index (χ3n) is 2.06. The SMILES string of the molecule is Cc1ccc(C#Cc2cccnc2)cc1. The molecule has 0 N–H and O–H groups in total. The summed E-state index contributed by atoms with van der Waals surface area (Å²) in [6.45, 7) is 2.07. The number of benzene rings is 1. The summed E-state index contributed by atoms with van der Waals surface area (Å²) in [5.74, 6) is 6.17. The van der Waals surface area contributed by atoms with E-state index in [1.807, 2.05) is 24.3 Å². The van der Waals surface area contributed by atoms with E-state index in [9.17, 15) is 0 Å². The highest BCUT2D eigenvalue weighted by Crippen LogP contribution is 2.01. The molecule has 0 aliphatic carbocycles. The van der Waals surface area contributed by atoms with E-state index in [1.54, 1.807) is 12.4 Å². The Bertz CT molecular complexity index is 486. The molecule has 1 nitrogen and oxygen atoms in total. The molecule has 1 aromatic heterocycles. The summed E-state index contributed by atoms with van der Waals surface area (Å²) in [6, 6.07) is 12.0. The van der Waals surface area contributed by atoms with Crippen LogP contribution in [0.5, 0.6) is 0 Å². The van der Waals surface area contributed by atoms with Crippen molar-refractivity contribution in [1.29, 1.82) is 0 Å². The molecule has 2 rings (SSSR count). The standard InChI is InChI=1S/C14H11N/c1-12-4-6-13(7-5-12)8-9-14-3-2-10-15-11-14/h2-7,10-11H,1H3. The number of hydrogen-bond donors (Lipinski definition) is 0. The first-order chi connectivity index (χ1) is 7.34. The number of aromatic nitrogens is 1. The predicted molar refractivity (Wildman–Crippen MR) is 61.4 cm³/mol. The van der Waals surface area contributed by atoms with Crippen molar-refractivity contribution in [1.82, 2.24) is 4.98 Å². The highest BCUT2D eigenvalue weighted by molar-refractivity contribution is 5.42. The number of pyridine rings is 1. The van der Waals surface area contributed by atoms with Gasteiger partial charge in [-0.25, -0.2) is 0 Å². The molecule has 1 aromatic carbocycles. The van der Waals surface area contributed by atoms with Gasteiger partial charge >= 0.3 is 0 Å². The Morgan fingerprint density at radius 2 is 1.67 bits per heavy atom. The van der Waals surface area contributed by atoms with Gasteiger partial charge in [-0.2, -0.15) is 0 Å². The van der Waals surface area contributed by atoms with Gasteiger partial charge in [0.2, 0.25) is 0 Å². The van der Waals surface area contributed by atoms with E-state index < -0.39 is 0 Å². The van der Waals surface area contributed by atoms with Crippen molar-refractivity contribution >= 4 is 0 Å². The third-order valence-corrected chi connectivity index (χ3v) is 2.06. The molecule has 2 aromatic rings. The van der Waals surface area contributed by atoms with Crippen LogP contribution >= 0.6 is 0 Å². The fourth-order valence-corrected chi connectivity index (χ4v) is 1.22. The topological polar surface area (TPSA) is 12.9 Å². The zero-order chi connectivity index (χ0) is 10.5. The van der Waals surface area contributed by atoms with Gasteiger partial charge in [-0.15, -0.1) is 0 Å². The van der Waals surface area contributed by atoms with Crippen molar-refractivity contribution in [3.63, 3.8) is 0 Å². The van der Waals surface area contributed by atoms with Crippen LogP contribution in [0, 0.1) is 18.8 Å². The first kappa shape index (κ1) is 9.48. The van der Waals surface area contributed by atoms with Crippen molar-refractivity contribution in [2.45, 2.75) is 6.92 Å². The Morgan fingerprint density at radius 3 is 2.33 bits per heavy atom. The van der Waals surface area contributed by atoms with E-state index in [0.29, 0.717) is 0 Å². The molecule has 0 fully saturated rings. The van der Waals surface area contributed by atoms with Crippen LogP contribution in [-0.4, -0.2) is 4.98 Å². The Kier molecular flexibility index (Phi) is 2.80. The summed E-state index contributed by atoms with van der Waals surface area (Å²) in [4.78, 5) is 4.01. The summed E-state index contributed by atoms with van der Waals surface area (Å²) in [5.41, 5.74) is 3.23. The zero-order valence-corrected chi connectivity index (χ0v) is 8.57. The van der Waals surface area contributed by atoms with Crippen LogP contribution in [0.2, 0.25) is 0 Å². The summed E-state index contributed by atoms with van der Waals surface area (Å²) < 4.78 is 0. The highest BCUT2D eigenvalue weighted by atomic mass is 14.6. The molecule has 0 saturated carbocycles. The van der Waals surface area contributed by atoms with Crippen LogP contribution in [0.15, 0.2) is 48.8 Å². The van der Waals surface area contributed by atoms with Gasteiger partial charge < -0.3 is 0 Å². The fourth-order valence-electron chi connectivity index (χ4n) is 1.22. The van der Waals surface area contributed by atoms with E-state index in [2.05, 4.69) is 35.9 Å². The summed E-state index contributed by atoms with van der Waals surface area (Å²) >= 11 is 0. The van der Waals surface area contributed by atoms with Crippen molar-refractivity contribution < 1.29 is 0 Å². The smallest absolute Gasteiger partial charge is 0.0432 e. The largest absolute Gasteiger partial charge is 0.263 e. The maximum atomic E-state index is 4.01. The van der Waals surface area contributed by atoms with Crippen LogP contribution in [0.1, 0.15) is 16.7 Å². The molecule has 72 valence electrons. The van der Waals surface area contributed by atoms with Gasteiger partial charge in [-0.05, 0) is 31.2 Å². The number of aryl methyl sites for hydroxylation is 1. The minimum atomic E-state index is 0.943. The van der Waals surface area contributed by atoms with Crippen molar-refractivity contribution in [2.24, 2.45) is 0 Å². The maximum Gasteiger partial charge on any atom is 0.0432 e. The number of hydrogen-bond acceptors (Lipinski definition) is 1. The lowest BCUT2D eigenvalue weighted by molar-refractivity contribution is 1.31. The van der Waals surface area contributed by atoms with Crippen molar-refractivity contribution in [2.75, 3.05) is 0 Å². The monoisotopic (exact) mass is 193 g/mol. The molecule has 0 aliphatic heterocycles. The van der Waals surface area contributed by atoms with Crippen molar-refractivity contribution in [3.8, 4) is 11.8 Å². The summed E-state index contributed by atoms with van der Waals surface area (Å²) in [7, 11) is 0. The molecule has 0 radical (unpaired) electrons. The lowest BCUT2D eigenvalue weighted by Gasteiger charge is -1.91.